The van der Waals surface area contributed by atoms with Crippen LogP contribution in [0.5, 0.6) is 5.88 Å². The standard InChI is InChI=1S/C13H11FN4O/c1-19-11-4-2-3-9(16-11)12-13(15)18-7-8(14)5-6-10(18)17-12/h2-7H,15H2,1H3. The summed E-state index contributed by atoms with van der Waals surface area (Å²) in [5, 5.41) is 0. The van der Waals surface area contributed by atoms with E-state index in [0.717, 1.165) is 0 Å². The van der Waals surface area contributed by atoms with Crippen LogP contribution in [-0.2, 0) is 0 Å². The molecule has 0 fully saturated rings. The maximum atomic E-state index is 13.2. The summed E-state index contributed by atoms with van der Waals surface area (Å²) < 4.78 is 19.8. The van der Waals surface area contributed by atoms with Crippen LogP contribution in [0.25, 0.3) is 17.0 Å². The van der Waals surface area contributed by atoms with Gasteiger partial charge in [-0.2, -0.15) is 0 Å². The third-order valence-corrected chi connectivity index (χ3v) is 2.79. The van der Waals surface area contributed by atoms with Gasteiger partial charge in [-0.15, -0.1) is 0 Å². The van der Waals surface area contributed by atoms with Crippen molar-refractivity contribution in [2.75, 3.05) is 12.8 Å². The molecule has 0 spiro atoms. The van der Waals surface area contributed by atoms with E-state index < -0.39 is 0 Å². The molecule has 3 aromatic rings. The van der Waals surface area contributed by atoms with Gasteiger partial charge in [0.05, 0.1) is 12.8 Å². The van der Waals surface area contributed by atoms with Gasteiger partial charge in [0.25, 0.3) is 0 Å². The monoisotopic (exact) mass is 258 g/mol. The van der Waals surface area contributed by atoms with Gasteiger partial charge in [0.1, 0.15) is 23.0 Å². The quantitative estimate of drug-likeness (QED) is 0.764. The van der Waals surface area contributed by atoms with Crippen molar-refractivity contribution >= 4 is 11.5 Å². The number of hydrogen-bond acceptors (Lipinski definition) is 4. The Bertz CT molecular complexity index is 753. The molecule has 3 rings (SSSR count). The minimum Gasteiger partial charge on any atom is -0.481 e. The van der Waals surface area contributed by atoms with Gasteiger partial charge in [-0.1, -0.05) is 6.07 Å². The van der Waals surface area contributed by atoms with E-state index in [4.69, 9.17) is 10.5 Å². The first-order chi connectivity index (χ1) is 9.19. The Balaban J connectivity index is 2.21. The molecule has 0 saturated heterocycles. The van der Waals surface area contributed by atoms with Gasteiger partial charge >= 0.3 is 0 Å². The number of hydrogen-bond donors (Lipinski definition) is 1. The van der Waals surface area contributed by atoms with Crippen LogP contribution in [0.1, 0.15) is 0 Å². The van der Waals surface area contributed by atoms with E-state index in [1.165, 1.54) is 23.8 Å². The minimum atomic E-state index is -0.373. The van der Waals surface area contributed by atoms with Crippen LogP contribution in [0, 0.1) is 5.82 Å². The van der Waals surface area contributed by atoms with Gasteiger partial charge < -0.3 is 10.5 Å². The number of nitrogens with zero attached hydrogens (tertiary/aromatic N) is 3. The number of aromatic nitrogens is 3. The van der Waals surface area contributed by atoms with Crippen LogP contribution in [0.4, 0.5) is 10.2 Å². The van der Waals surface area contributed by atoms with E-state index >= 15 is 0 Å². The molecule has 3 aromatic heterocycles. The molecule has 6 heteroatoms. The van der Waals surface area contributed by atoms with Crippen molar-refractivity contribution in [3.05, 3.63) is 42.3 Å². The molecule has 5 nitrogen and oxygen atoms in total. The second-order valence-electron chi connectivity index (χ2n) is 3.99. The van der Waals surface area contributed by atoms with Gasteiger partial charge in [0, 0.05) is 12.3 Å². The molecule has 0 atom stereocenters. The fourth-order valence-corrected chi connectivity index (χ4v) is 1.89. The second kappa shape index (κ2) is 4.24. The number of rotatable bonds is 2. The maximum Gasteiger partial charge on any atom is 0.213 e. The number of halogens is 1. The zero-order chi connectivity index (χ0) is 13.4. The zero-order valence-corrected chi connectivity index (χ0v) is 10.2. The maximum absolute atomic E-state index is 13.2. The Labute approximate surface area is 108 Å². The molecule has 0 bridgehead atoms. The minimum absolute atomic E-state index is 0.343. The van der Waals surface area contributed by atoms with E-state index in [1.54, 1.807) is 24.3 Å². The third-order valence-electron chi connectivity index (χ3n) is 2.79. The fraction of sp³-hybridized carbons (Fsp3) is 0.0769. The van der Waals surface area contributed by atoms with E-state index in [2.05, 4.69) is 9.97 Å². The summed E-state index contributed by atoms with van der Waals surface area (Å²) in [4.78, 5) is 8.62. The number of methoxy groups -OCH3 is 1. The van der Waals surface area contributed by atoms with E-state index in [9.17, 15) is 4.39 Å². The van der Waals surface area contributed by atoms with Crippen LogP contribution >= 0.6 is 0 Å². The van der Waals surface area contributed by atoms with Crippen molar-refractivity contribution in [2.24, 2.45) is 0 Å². The molecule has 0 aliphatic carbocycles. The predicted octanol–water partition coefficient (Wildman–Crippen LogP) is 2.13. The molecule has 3 heterocycles. The van der Waals surface area contributed by atoms with Crippen LogP contribution in [0.2, 0.25) is 0 Å². The second-order valence-corrected chi connectivity index (χ2v) is 3.99. The number of nitrogen functional groups attached to an aromatic ring is 1. The summed E-state index contributed by atoms with van der Waals surface area (Å²) in [5.74, 6) is 0.442. The molecule has 0 radical (unpaired) electrons. The highest BCUT2D eigenvalue weighted by Crippen LogP contribution is 2.26. The van der Waals surface area contributed by atoms with Gasteiger partial charge in [-0.05, 0) is 18.2 Å². The van der Waals surface area contributed by atoms with Crippen molar-refractivity contribution < 1.29 is 9.13 Å². The first-order valence-corrected chi connectivity index (χ1v) is 5.63. The highest BCUT2D eigenvalue weighted by Gasteiger charge is 2.13. The van der Waals surface area contributed by atoms with E-state index in [0.29, 0.717) is 28.7 Å². The number of pyridine rings is 2. The molecule has 19 heavy (non-hydrogen) atoms. The van der Waals surface area contributed by atoms with Gasteiger partial charge in [0.2, 0.25) is 5.88 Å². The predicted molar refractivity (Wildman–Crippen MR) is 69.3 cm³/mol. The van der Waals surface area contributed by atoms with Crippen molar-refractivity contribution in [2.45, 2.75) is 0 Å². The number of ether oxygens (including phenoxy) is 1. The van der Waals surface area contributed by atoms with Crippen molar-refractivity contribution in [1.29, 1.82) is 0 Å². The molecule has 2 N–H and O–H groups in total. The summed E-state index contributed by atoms with van der Waals surface area (Å²) in [7, 11) is 1.54. The Morgan fingerprint density at radius 1 is 1.21 bits per heavy atom. The highest BCUT2D eigenvalue weighted by atomic mass is 19.1. The van der Waals surface area contributed by atoms with Gasteiger partial charge in [-0.25, -0.2) is 14.4 Å². The van der Waals surface area contributed by atoms with Crippen molar-refractivity contribution in [1.82, 2.24) is 14.4 Å². The summed E-state index contributed by atoms with van der Waals surface area (Å²) in [6.07, 6.45) is 1.29. The smallest absolute Gasteiger partial charge is 0.213 e. The number of nitrogens with two attached hydrogens (primary N) is 1. The fourth-order valence-electron chi connectivity index (χ4n) is 1.89. The number of anilines is 1. The van der Waals surface area contributed by atoms with Gasteiger partial charge in [-0.3, -0.25) is 4.40 Å². The van der Waals surface area contributed by atoms with Crippen molar-refractivity contribution in [3.8, 4) is 17.3 Å². The van der Waals surface area contributed by atoms with Crippen LogP contribution in [-0.4, -0.2) is 21.5 Å². The number of fused-ring (bicyclic) bond motifs is 1. The zero-order valence-electron chi connectivity index (χ0n) is 10.2. The van der Waals surface area contributed by atoms with E-state index in [-0.39, 0.29) is 5.82 Å². The molecule has 96 valence electrons. The Morgan fingerprint density at radius 3 is 2.84 bits per heavy atom. The third kappa shape index (κ3) is 1.87. The van der Waals surface area contributed by atoms with Crippen molar-refractivity contribution in [3.63, 3.8) is 0 Å². The first-order valence-electron chi connectivity index (χ1n) is 5.63. The van der Waals surface area contributed by atoms with Crippen LogP contribution in [0.15, 0.2) is 36.5 Å². The molecule has 0 amide bonds. The highest BCUT2D eigenvalue weighted by molar-refractivity contribution is 5.72. The Hall–Kier alpha value is -2.63. The van der Waals surface area contributed by atoms with Gasteiger partial charge in [0.15, 0.2) is 0 Å². The molecule has 0 unspecified atom stereocenters. The molecule has 0 aliphatic rings. The summed E-state index contributed by atoms with van der Waals surface area (Å²) >= 11 is 0. The van der Waals surface area contributed by atoms with Crippen LogP contribution < -0.4 is 10.5 Å². The molecule has 0 saturated carbocycles. The lowest BCUT2D eigenvalue weighted by Gasteiger charge is -2.01. The van der Waals surface area contributed by atoms with E-state index in [1.807, 2.05) is 0 Å². The van der Waals surface area contributed by atoms with Crippen LogP contribution in [0.3, 0.4) is 0 Å². The Kier molecular flexibility index (Phi) is 2.56. The normalized spacial score (nSPS) is 10.8. The average molecular weight is 258 g/mol. The summed E-state index contributed by atoms with van der Waals surface area (Å²) in [6, 6.07) is 8.21. The first kappa shape index (κ1) is 11.5. The Morgan fingerprint density at radius 2 is 2.05 bits per heavy atom. The number of imidazole rings is 1. The molecular weight excluding hydrogens is 247 g/mol. The molecular formula is C13H11FN4O. The average Bonchev–Trinajstić information content (AvgIpc) is 2.76. The topological polar surface area (TPSA) is 65.4 Å². The lowest BCUT2D eigenvalue weighted by molar-refractivity contribution is 0.398. The lowest BCUT2D eigenvalue weighted by Crippen LogP contribution is -1.96. The summed E-state index contributed by atoms with van der Waals surface area (Å²) in [6.45, 7) is 0. The largest absolute Gasteiger partial charge is 0.481 e. The molecule has 0 aliphatic heterocycles. The summed E-state index contributed by atoms with van der Waals surface area (Å²) in [5.41, 5.74) is 7.64. The SMILES string of the molecule is COc1cccc(-c2nc3ccc(F)cn3c2N)n1. The molecule has 0 aromatic carbocycles. The lowest BCUT2D eigenvalue weighted by atomic mass is 10.3.